The molecule has 1 unspecified atom stereocenters. The van der Waals surface area contributed by atoms with Gasteiger partial charge in [0, 0.05) is 6.92 Å². The third-order valence-electron chi connectivity index (χ3n) is 4.18. The Morgan fingerprint density at radius 3 is 2.00 bits per heavy atom. The summed E-state index contributed by atoms with van der Waals surface area (Å²) in [4.78, 5) is 36.0. The smallest absolute Gasteiger partial charge is 0.343 e. The van der Waals surface area contributed by atoms with E-state index in [0.29, 0.717) is 11.1 Å². The van der Waals surface area contributed by atoms with Crippen LogP contribution in [0, 0.1) is 0 Å². The van der Waals surface area contributed by atoms with E-state index in [1.54, 1.807) is 60.7 Å². The average molecular weight is 396 g/mol. The first-order chi connectivity index (χ1) is 13.9. The molecule has 3 rings (SSSR count). The molecule has 0 aliphatic carbocycles. The fourth-order valence-electron chi connectivity index (χ4n) is 2.86. The van der Waals surface area contributed by atoms with Crippen molar-refractivity contribution in [3.63, 3.8) is 0 Å². The van der Waals surface area contributed by atoms with Gasteiger partial charge >= 0.3 is 17.9 Å². The van der Waals surface area contributed by atoms with Gasteiger partial charge in [-0.1, -0.05) is 43.0 Å². The van der Waals surface area contributed by atoms with Gasteiger partial charge in [-0.25, -0.2) is 9.59 Å². The highest BCUT2D eigenvalue weighted by molar-refractivity contribution is 5.90. The molecule has 0 amide bonds. The van der Waals surface area contributed by atoms with Crippen LogP contribution in [-0.4, -0.2) is 36.4 Å². The molecule has 1 fully saturated rings. The van der Waals surface area contributed by atoms with Crippen LogP contribution in [0.15, 0.2) is 73.0 Å². The highest BCUT2D eigenvalue weighted by Crippen LogP contribution is 2.30. The molecular formula is C22H20O7. The summed E-state index contributed by atoms with van der Waals surface area (Å²) in [7, 11) is 0. The maximum absolute atomic E-state index is 12.4. The molecule has 0 saturated carbocycles. The monoisotopic (exact) mass is 396 g/mol. The fraction of sp³-hybridized carbons (Fsp3) is 0.227. The Labute approximate surface area is 167 Å². The van der Waals surface area contributed by atoms with E-state index in [-0.39, 0.29) is 12.2 Å². The highest BCUT2D eigenvalue weighted by Gasteiger charge is 2.43. The molecular weight excluding hydrogens is 376 g/mol. The SMILES string of the molecule is C=C(OC(=O)c1ccccc1)[C@@H]1OC(OC(C)=O)C[C@H]1OC(=O)c1ccccc1. The van der Waals surface area contributed by atoms with E-state index in [4.69, 9.17) is 18.9 Å². The fourth-order valence-corrected chi connectivity index (χ4v) is 2.86. The number of carbonyl (C=O) groups excluding carboxylic acids is 3. The van der Waals surface area contributed by atoms with Crippen molar-refractivity contribution in [1.29, 1.82) is 0 Å². The summed E-state index contributed by atoms with van der Waals surface area (Å²) >= 11 is 0. The topological polar surface area (TPSA) is 88.1 Å². The second kappa shape index (κ2) is 9.16. The minimum absolute atomic E-state index is 0.0423. The molecule has 1 aliphatic rings. The number of benzene rings is 2. The summed E-state index contributed by atoms with van der Waals surface area (Å²) in [6, 6.07) is 16.8. The number of hydrogen-bond acceptors (Lipinski definition) is 7. The third kappa shape index (κ3) is 5.30. The maximum Gasteiger partial charge on any atom is 0.343 e. The van der Waals surface area contributed by atoms with Crippen molar-refractivity contribution in [1.82, 2.24) is 0 Å². The van der Waals surface area contributed by atoms with Gasteiger partial charge in [0.15, 0.2) is 6.10 Å². The molecule has 1 aliphatic heterocycles. The summed E-state index contributed by atoms with van der Waals surface area (Å²) in [6.45, 7) is 4.99. The molecule has 7 nitrogen and oxygen atoms in total. The molecule has 0 bridgehead atoms. The zero-order valence-corrected chi connectivity index (χ0v) is 15.8. The van der Waals surface area contributed by atoms with Crippen LogP contribution in [-0.2, 0) is 23.7 Å². The van der Waals surface area contributed by atoms with E-state index in [2.05, 4.69) is 6.58 Å². The normalized spacial score (nSPS) is 20.5. The standard InChI is InChI=1S/C22H20O7/c1-14(26-21(24)16-9-5-3-6-10-16)20-18(13-19(29-20)27-15(2)23)28-22(25)17-11-7-4-8-12-17/h3-12,18-20H,1,13H2,2H3/t18-,19?,20+/m1/s1. The first-order valence-electron chi connectivity index (χ1n) is 8.99. The van der Waals surface area contributed by atoms with Crippen LogP contribution >= 0.6 is 0 Å². The molecule has 1 heterocycles. The van der Waals surface area contributed by atoms with Gasteiger partial charge in [-0.05, 0) is 24.3 Å². The summed E-state index contributed by atoms with van der Waals surface area (Å²) in [5.41, 5.74) is 0.690. The predicted octanol–water partition coefficient (Wildman–Crippen LogP) is 3.26. The zero-order chi connectivity index (χ0) is 20.8. The number of ether oxygens (including phenoxy) is 4. The van der Waals surface area contributed by atoms with Crippen molar-refractivity contribution in [2.45, 2.75) is 31.8 Å². The van der Waals surface area contributed by atoms with Gasteiger partial charge in [-0.2, -0.15) is 0 Å². The average Bonchev–Trinajstić information content (AvgIpc) is 3.10. The van der Waals surface area contributed by atoms with Crippen LogP contribution in [0.2, 0.25) is 0 Å². The van der Waals surface area contributed by atoms with Crippen LogP contribution in [0.5, 0.6) is 0 Å². The lowest BCUT2D eigenvalue weighted by Crippen LogP contribution is -2.30. The molecule has 0 radical (unpaired) electrons. The maximum atomic E-state index is 12.4. The van der Waals surface area contributed by atoms with E-state index >= 15 is 0 Å². The molecule has 7 heteroatoms. The summed E-state index contributed by atoms with van der Waals surface area (Å²) in [6.07, 6.45) is -2.67. The highest BCUT2D eigenvalue weighted by atomic mass is 16.7. The lowest BCUT2D eigenvalue weighted by Gasteiger charge is -2.20. The van der Waals surface area contributed by atoms with E-state index in [1.807, 2.05) is 0 Å². The predicted molar refractivity (Wildman–Crippen MR) is 102 cm³/mol. The van der Waals surface area contributed by atoms with Gasteiger partial charge in [0.1, 0.15) is 11.9 Å². The zero-order valence-electron chi connectivity index (χ0n) is 15.8. The summed E-state index contributed by atoms with van der Waals surface area (Å²) < 4.78 is 21.5. The van der Waals surface area contributed by atoms with Crippen LogP contribution in [0.1, 0.15) is 34.1 Å². The van der Waals surface area contributed by atoms with Crippen molar-refractivity contribution in [2.75, 3.05) is 0 Å². The van der Waals surface area contributed by atoms with Crippen molar-refractivity contribution in [3.05, 3.63) is 84.1 Å². The van der Waals surface area contributed by atoms with Crippen molar-refractivity contribution in [3.8, 4) is 0 Å². The third-order valence-corrected chi connectivity index (χ3v) is 4.18. The molecule has 2 aromatic rings. The van der Waals surface area contributed by atoms with Crippen LogP contribution < -0.4 is 0 Å². The van der Waals surface area contributed by atoms with Crippen LogP contribution in [0.3, 0.4) is 0 Å². The first-order valence-corrected chi connectivity index (χ1v) is 8.99. The minimum atomic E-state index is -0.973. The molecule has 2 aromatic carbocycles. The van der Waals surface area contributed by atoms with Crippen molar-refractivity contribution >= 4 is 17.9 Å². The lowest BCUT2D eigenvalue weighted by molar-refractivity contribution is -0.172. The van der Waals surface area contributed by atoms with E-state index < -0.39 is 36.4 Å². The second-order valence-corrected chi connectivity index (χ2v) is 6.36. The number of esters is 3. The van der Waals surface area contributed by atoms with E-state index in [9.17, 15) is 14.4 Å². The Kier molecular flexibility index (Phi) is 6.41. The molecule has 0 spiro atoms. The Morgan fingerprint density at radius 1 is 0.897 bits per heavy atom. The Balaban J connectivity index is 1.71. The molecule has 3 atom stereocenters. The Morgan fingerprint density at radius 2 is 1.45 bits per heavy atom. The summed E-state index contributed by atoms with van der Waals surface area (Å²) in [5.74, 6) is -1.78. The number of carbonyl (C=O) groups is 3. The number of hydrogen-bond donors (Lipinski definition) is 0. The first kappa shape index (κ1) is 20.3. The van der Waals surface area contributed by atoms with Gasteiger partial charge in [0.2, 0.25) is 6.29 Å². The van der Waals surface area contributed by atoms with Gasteiger partial charge in [-0.3, -0.25) is 4.79 Å². The van der Waals surface area contributed by atoms with Crippen LogP contribution in [0.4, 0.5) is 0 Å². The largest absolute Gasteiger partial charge is 0.455 e. The van der Waals surface area contributed by atoms with Gasteiger partial charge in [-0.15, -0.1) is 0 Å². The van der Waals surface area contributed by atoms with E-state index in [1.165, 1.54) is 6.92 Å². The van der Waals surface area contributed by atoms with Crippen molar-refractivity contribution < 1.29 is 33.3 Å². The molecule has 29 heavy (non-hydrogen) atoms. The van der Waals surface area contributed by atoms with Gasteiger partial charge in [0.05, 0.1) is 17.5 Å². The molecule has 0 aromatic heterocycles. The van der Waals surface area contributed by atoms with Gasteiger partial charge in [0.25, 0.3) is 0 Å². The molecule has 0 N–H and O–H groups in total. The Bertz CT molecular complexity index is 892. The van der Waals surface area contributed by atoms with Gasteiger partial charge < -0.3 is 18.9 Å². The summed E-state index contributed by atoms with van der Waals surface area (Å²) in [5, 5.41) is 0. The lowest BCUT2D eigenvalue weighted by atomic mass is 10.1. The number of rotatable bonds is 6. The van der Waals surface area contributed by atoms with Crippen LogP contribution in [0.25, 0.3) is 0 Å². The molecule has 1 saturated heterocycles. The second-order valence-electron chi connectivity index (χ2n) is 6.36. The van der Waals surface area contributed by atoms with Crippen molar-refractivity contribution in [2.24, 2.45) is 0 Å². The minimum Gasteiger partial charge on any atom is -0.455 e. The molecule has 150 valence electrons. The Hall–Kier alpha value is -3.45. The quantitative estimate of drug-likeness (QED) is 0.421. The van der Waals surface area contributed by atoms with E-state index in [0.717, 1.165) is 0 Å².